The van der Waals surface area contributed by atoms with E-state index >= 15 is 0 Å². The average Bonchev–Trinajstić information content (AvgIpc) is 3.41. The molecule has 1 aromatic heterocycles. The molecule has 0 spiro atoms. The van der Waals surface area contributed by atoms with Crippen LogP contribution in [0.1, 0.15) is 48.4 Å². The number of rotatable bonds is 6. The number of halogens is 4. The van der Waals surface area contributed by atoms with Crippen molar-refractivity contribution in [3.63, 3.8) is 0 Å². The van der Waals surface area contributed by atoms with Crippen molar-refractivity contribution in [3.05, 3.63) is 46.9 Å². The van der Waals surface area contributed by atoms with Crippen molar-refractivity contribution in [2.45, 2.75) is 56.5 Å². The van der Waals surface area contributed by atoms with Gasteiger partial charge in [0.15, 0.2) is 0 Å². The number of amides is 2. The zero-order chi connectivity index (χ0) is 23.6. The lowest BCUT2D eigenvalue weighted by molar-refractivity contribution is -0.138. The van der Waals surface area contributed by atoms with Crippen LogP contribution >= 0.6 is 0 Å². The summed E-state index contributed by atoms with van der Waals surface area (Å²) >= 11 is 0. The van der Waals surface area contributed by atoms with E-state index in [9.17, 15) is 27.2 Å². The number of H-pyrrole nitrogens is 1. The molecule has 2 heterocycles. The molecule has 1 aromatic carbocycles. The molecule has 0 bridgehead atoms. The Morgan fingerprint density at radius 1 is 1.27 bits per heavy atom. The molecule has 4 rings (SSSR count). The zero-order valence-corrected chi connectivity index (χ0v) is 17.4. The standard InChI is InChI=1S/C21H22F4N4O4/c22-15-4-1-3-14(21(23,24)25)13(15)10-26-20(31)33-12-7-11(8-12)16-9-18(29-28-16)27-19(30)17-5-2-6-32-17/h1,3-4,9,11-12,17H,2,5-8,10H2,(H,26,31)(H2,27,28,29,30). The van der Waals surface area contributed by atoms with Crippen LogP contribution in [0, 0.1) is 5.82 Å². The molecule has 33 heavy (non-hydrogen) atoms. The minimum Gasteiger partial charge on any atom is -0.446 e. The number of alkyl carbamates (subject to hydrolysis) is 1. The smallest absolute Gasteiger partial charge is 0.416 e. The molecule has 12 heteroatoms. The Hall–Kier alpha value is -3.15. The lowest BCUT2D eigenvalue weighted by Crippen LogP contribution is -2.36. The molecule has 2 aromatic rings. The van der Waals surface area contributed by atoms with E-state index in [1.807, 2.05) is 0 Å². The number of alkyl halides is 3. The van der Waals surface area contributed by atoms with E-state index in [1.54, 1.807) is 6.07 Å². The first kappa shape index (κ1) is 23.0. The Morgan fingerprint density at radius 3 is 2.76 bits per heavy atom. The minimum absolute atomic E-state index is 0.00386. The second kappa shape index (κ2) is 9.38. The molecule has 2 amide bonds. The summed E-state index contributed by atoms with van der Waals surface area (Å²) in [4.78, 5) is 24.0. The molecule has 1 aliphatic heterocycles. The van der Waals surface area contributed by atoms with Gasteiger partial charge in [0.2, 0.25) is 0 Å². The van der Waals surface area contributed by atoms with E-state index in [2.05, 4.69) is 20.8 Å². The van der Waals surface area contributed by atoms with Crippen molar-refractivity contribution in [3.8, 4) is 0 Å². The first-order chi connectivity index (χ1) is 15.7. The van der Waals surface area contributed by atoms with Gasteiger partial charge in [0, 0.05) is 30.7 Å². The fraction of sp³-hybridized carbons (Fsp3) is 0.476. The van der Waals surface area contributed by atoms with Gasteiger partial charge in [-0.1, -0.05) is 6.07 Å². The largest absolute Gasteiger partial charge is 0.446 e. The van der Waals surface area contributed by atoms with Crippen LogP contribution in [0.3, 0.4) is 0 Å². The fourth-order valence-electron chi connectivity index (χ4n) is 3.87. The molecule has 178 valence electrons. The molecule has 2 aliphatic rings. The lowest BCUT2D eigenvalue weighted by Gasteiger charge is -2.33. The van der Waals surface area contributed by atoms with Crippen molar-refractivity contribution < 1.29 is 36.6 Å². The normalized spacial score (nSPS) is 22.5. The summed E-state index contributed by atoms with van der Waals surface area (Å²) in [6.45, 7) is -0.0865. The van der Waals surface area contributed by atoms with Gasteiger partial charge in [0.25, 0.3) is 5.91 Å². The topological polar surface area (TPSA) is 105 Å². The van der Waals surface area contributed by atoms with Crippen LogP contribution in [0.4, 0.5) is 28.2 Å². The Kier molecular flexibility index (Phi) is 6.54. The minimum atomic E-state index is -4.74. The fourth-order valence-corrected chi connectivity index (χ4v) is 3.87. The third-order valence-electron chi connectivity index (χ3n) is 5.70. The molecule has 1 atom stereocenters. The number of nitrogens with one attached hydrogen (secondary N) is 3. The van der Waals surface area contributed by atoms with Crippen LogP contribution in [-0.4, -0.2) is 41.0 Å². The number of nitrogens with zero attached hydrogens (tertiary/aromatic N) is 1. The highest BCUT2D eigenvalue weighted by atomic mass is 19.4. The highest BCUT2D eigenvalue weighted by molar-refractivity contribution is 5.93. The van der Waals surface area contributed by atoms with Gasteiger partial charge >= 0.3 is 12.3 Å². The summed E-state index contributed by atoms with van der Waals surface area (Å²) < 4.78 is 63.5. The van der Waals surface area contributed by atoms with E-state index in [1.165, 1.54) is 0 Å². The van der Waals surface area contributed by atoms with Crippen molar-refractivity contribution in [2.75, 3.05) is 11.9 Å². The second-order valence-corrected chi connectivity index (χ2v) is 8.01. The molecule has 2 fully saturated rings. The molecule has 0 radical (unpaired) electrons. The molecule has 3 N–H and O–H groups in total. The lowest BCUT2D eigenvalue weighted by atomic mass is 9.80. The van der Waals surface area contributed by atoms with Gasteiger partial charge in [0.05, 0.1) is 11.3 Å². The van der Waals surface area contributed by atoms with Gasteiger partial charge in [-0.3, -0.25) is 9.89 Å². The van der Waals surface area contributed by atoms with Crippen LogP contribution in [0.25, 0.3) is 0 Å². The summed E-state index contributed by atoms with van der Waals surface area (Å²) in [7, 11) is 0. The number of carbonyl (C=O) groups is 2. The van der Waals surface area contributed by atoms with Crippen molar-refractivity contribution >= 4 is 17.8 Å². The van der Waals surface area contributed by atoms with E-state index in [0.29, 0.717) is 37.4 Å². The second-order valence-electron chi connectivity index (χ2n) is 8.01. The maximum atomic E-state index is 13.8. The molecule has 1 aliphatic carbocycles. The number of anilines is 1. The molecule has 1 unspecified atom stereocenters. The van der Waals surface area contributed by atoms with Gasteiger partial charge in [-0.25, -0.2) is 9.18 Å². The quantitative estimate of drug-likeness (QED) is 0.556. The number of hydrogen-bond donors (Lipinski definition) is 3. The molecular weight excluding hydrogens is 448 g/mol. The summed E-state index contributed by atoms with van der Waals surface area (Å²) in [5, 5.41) is 11.8. The number of aromatic amines is 1. The summed E-state index contributed by atoms with van der Waals surface area (Å²) in [6, 6.07) is 4.31. The predicted molar refractivity (Wildman–Crippen MR) is 107 cm³/mol. The maximum absolute atomic E-state index is 13.8. The van der Waals surface area contributed by atoms with Crippen LogP contribution < -0.4 is 10.6 Å². The van der Waals surface area contributed by atoms with Crippen LogP contribution in [-0.2, 0) is 27.0 Å². The zero-order valence-electron chi connectivity index (χ0n) is 17.4. The highest BCUT2D eigenvalue weighted by Gasteiger charge is 2.36. The highest BCUT2D eigenvalue weighted by Crippen LogP contribution is 2.38. The SMILES string of the molecule is O=C(NCc1c(F)cccc1C(F)(F)F)OC1CC(c2cc(NC(=O)C3CCCO3)[nH]n2)C1. The summed E-state index contributed by atoms with van der Waals surface area (Å²) in [5.41, 5.74) is -1.10. The van der Waals surface area contributed by atoms with Crippen molar-refractivity contribution in [1.29, 1.82) is 0 Å². The first-order valence-corrected chi connectivity index (χ1v) is 10.5. The Labute approximate surface area is 186 Å². The van der Waals surface area contributed by atoms with Gasteiger partial charge in [-0.15, -0.1) is 0 Å². The summed E-state index contributed by atoms with van der Waals surface area (Å²) in [5.74, 6) is -0.860. The first-order valence-electron chi connectivity index (χ1n) is 10.5. The van der Waals surface area contributed by atoms with Gasteiger partial charge < -0.3 is 20.1 Å². The van der Waals surface area contributed by atoms with E-state index in [4.69, 9.17) is 9.47 Å². The molecular formula is C21H22F4N4O4. The molecule has 8 nitrogen and oxygen atoms in total. The number of carbonyl (C=O) groups excluding carboxylic acids is 2. The molecule has 1 saturated carbocycles. The van der Waals surface area contributed by atoms with Crippen LogP contribution in [0.5, 0.6) is 0 Å². The number of hydrogen-bond acceptors (Lipinski definition) is 5. The van der Waals surface area contributed by atoms with Crippen molar-refractivity contribution in [1.82, 2.24) is 15.5 Å². The average molecular weight is 470 g/mol. The van der Waals surface area contributed by atoms with Crippen molar-refractivity contribution in [2.24, 2.45) is 0 Å². The van der Waals surface area contributed by atoms with E-state index in [0.717, 1.165) is 24.6 Å². The number of ether oxygens (including phenoxy) is 2. The third kappa shape index (κ3) is 5.44. The Balaban J connectivity index is 1.23. The summed E-state index contributed by atoms with van der Waals surface area (Å²) in [6.07, 6.45) is -4.14. The van der Waals surface area contributed by atoms with E-state index in [-0.39, 0.29) is 11.8 Å². The van der Waals surface area contributed by atoms with Gasteiger partial charge in [0.1, 0.15) is 23.8 Å². The number of aromatic nitrogens is 2. The molecule has 1 saturated heterocycles. The maximum Gasteiger partial charge on any atom is 0.416 e. The van der Waals surface area contributed by atoms with E-state index < -0.39 is 48.0 Å². The van der Waals surface area contributed by atoms with Crippen LogP contribution in [0.2, 0.25) is 0 Å². The van der Waals surface area contributed by atoms with Crippen LogP contribution in [0.15, 0.2) is 24.3 Å². The Morgan fingerprint density at radius 2 is 2.06 bits per heavy atom. The number of benzene rings is 1. The Bertz CT molecular complexity index is 1010. The monoisotopic (exact) mass is 470 g/mol. The van der Waals surface area contributed by atoms with Gasteiger partial charge in [-0.05, 0) is 37.8 Å². The predicted octanol–water partition coefficient (Wildman–Crippen LogP) is 3.86. The van der Waals surface area contributed by atoms with Gasteiger partial charge in [-0.2, -0.15) is 18.3 Å². The third-order valence-corrected chi connectivity index (χ3v) is 5.70.